The molecule has 1 N–H and O–H groups in total. The number of rotatable bonds is 10. The van der Waals surface area contributed by atoms with Crippen molar-refractivity contribution >= 4 is 35.4 Å². The number of nitrogens with one attached hydrogen (secondary N) is 1. The largest absolute Gasteiger partial charge is 0.493 e. The van der Waals surface area contributed by atoms with Crippen molar-refractivity contribution in [1.29, 1.82) is 0 Å². The number of ether oxygens (including phenoxy) is 4. The van der Waals surface area contributed by atoms with Crippen molar-refractivity contribution in [2.24, 2.45) is 0 Å². The SMILES string of the molecule is COc1cc(C=CC(=O)OCC(=O)Nc2ccc(SC(F)F)cc2)cc(OC)c1OC. The number of benzene rings is 2. The first kappa shape index (κ1) is 24.0. The molecule has 0 radical (unpaired) electrons. The van der Waals surface area contributed by atoms with Gasteiger partial charge in [0.05, 0.1) is 21.3 Å². The number of alkyl halides is 2. The Morgan fingerprint density at radius 2 is 1.65 bits per heavy atom. The molecule has 166 valence electrons. The fourth-order valence-corrected chi connectivity index (χ4v) is 2.96. The van der Waals surface area contributed by atoms with E-state index in [-0.39, 0.29) is 0 Å². The summed E-state index contributed by atoms with van der Waals surface area (Å²) in [5.74, 6) is -2.55. The highest BCUT2D eigenvalue weighted by molar-refractivity contribution is 7.99. The lowest BCUT2D eigenvalue weighted by Crippen LogP contribution is -2.20. The Hall–Kier alpha value is -3.27. The van der Waals surface area contributed by atoms with Gasteiger partial charge < -0.3 is 24.3 Å². The molecule has 31 heavy (non-hydrogen) atoms. The van der Waals surface area contributed by atoms with Crippen LogP contribution < -0.4 is 19.5 Å². The Labute approximate surface area is 182 Å². The van der Waals surface area contributed by atoms with Crippen LogP contribution in [0.25, 0.3) is 6.08 Å². The Kier molecular flexibility index (Phi) is 9.13. The average molecular weight is 453 g/mol. The van der Waals surface area contributed by atoms with Crippen LogP contribution in [0.1, 0.15) is 5.56 Å². The normalized spacial score (nSPS) is 10.8. The third-order valence-corrected chi connectivity index (χ3v) is 4.53. The molecule has 0 atom stereocenters. The number of amides is 1. The molecule has 2 aromatic carbocycles. The van der Waals surface area contributed by atoms with Crippen LogP contribution in [0.4, 0.5) is 14.5 Å². The number of anilines is 1. The van der Waals surface area contributed by atoms with Gasteiger partial charge in [-0.05, 0) is 48.0 Å². The van der Waals surface area contributed by atoms with E-state index in [0.29, 0.717) is 45.2 Å². The van der Waals surface area contributed by atoms with Gasteiger partial charge in [0.2, 0.25) is 5.75 Å². The maximum Gasteiger partial charge on any atom is 0.331 e. The van der Waals surface area contributed by atoms with E-state index < -0.39 is 24.2 Å². The van der Waals surface area contributed by atoms with Gasteiger partial charge in [-0.25, -0.2) is 4.79 Å². The lowest BCUT2D eigenvalue weighted by Gasteiger charge is -2.12. The predicted molar refractivity (Wildman–Crippen MR) is 113 cm³/mol. The molecule has 0 fully saturated rings. The van der Waals surface area contributed by atoms with Gasteiger partial charge in [-0.15, -0.1) is 0 Å². The van der Waals surface area contributed by atoms with Crippen molar-refractivity contribution in [3.63, 3.8) is 0 Å². The third-order valence-electron chi connectivity index (χ3n) is 3.81. The van der Waals surface area contributed by atoms with Crippen molar-refractivity contribution in [2.75, 3.05) is 33.3 Å². The zero-order valence-electron chi connectivity index (χ0n) is 17.0. The summed E-state index contributed by atoms with van der Waals surface area (Å²) in [4.78, 5) is 24.2. The molecule has 1 amide bonds. The van der Waals surface area contributed by atoms with Gasteiger partial charge >= 0.3 is 5.97 Å². The smallest absolute Gasteiger partial charge is 0.331 e. The second-order valence-corrected chi connectivity index (χ2v) is 6.91. The molecule has 2 rings (SSSR count). The molecule has 7 nitrogen and oxygen atoms in total. The lowest BCUT2D eigenvalue weighted by molar-refractivity contribution is -0.142. The van der Waals surface area contributed by atoms with Crippen LogP contribution in [-0.4, -0.2) is 45.6 Å². The Morgan fingerprint density at radius 3 is 2.16 bits per heavy atom. The highest BCUT2D eigenvalue weighted by atomic mass is 32.2. The van der Waals surface area contributed by atoms with E-state index >= 15 is 0 Å². The number of methoxy groups -OCH3 is 3. The molecule has 0 aromatic heterocycles. The van der Waals surface area contributed by atoms with Crippen LogP contribution in [-0.2, 0) is 14.3 Å². The maximum atomic E-state index is 12.3. The summed E-state index contributed by atoms with van der Waals surface area (Å²) in [5, 5.41) is 2.51. The standard InChI is InChI=1S/C21H21F2NO6S/c1-27-16-10-13(11-17(28-2)20(16)29-3)4-9-19(26)30-12-18(25)24-14-5-7-15(8-6-14)31-21(22)23/h4-11,21H,12H2,1-3H3,(H,24,25). The van der Waals surface area contributed by atoms with E-state index in [1.165, 1.54) is 51.7 Å². The molecular weight excluding hydrogens is 432 g/mol. The molecule has 0 saturated carbocycles. The number of esters is 1. The topological polar surface area (TPSA) is 83.1 Å². The highest BCUT2D eigenvalue weighted by Crippen LogP contribution is 2.38. The second kappa shape index (κ2) is 11.8. The molecule has 10 heteroatoms. The summed E-state index contributed by atoms with van der Waals surface area (Å²) in [7, 11) is 4.43. The van der Waals surface area contributed by atoms with Crippen molar-refractivity contribution in [3.8, 4) is 17.2 Å². The molecule has 0 aliphatic rings. The molecule has 0 saturated heterocycles. The third kappa shape index (κ3) is 7.49. The van der Waals surface area contributed by atoms with E-state index in [0.717, 1.165) is 6.08 Å². The van der Waals surface area contributed by atoms with Gasteiger partial charge in [-0.1, -0.05) is 11.8 Å². The predicted octanol–water partition coefficient (Wildman–Crippen LogP) is 4.22. The molecule has 0 unspecified atom stereocenters. The van der Waals surface area contributed by atoms with Crippen LogP contribution in [0.15, 0.2) is 47.4 Å². The number of hydrogen-bond acceptors (Lipinski definition) is 7. The summed E-state index contributed by atoms with van der Waals surface area (Å²) in [6, 6.07) is 9.17. The summed E-state index contributed by atoms with van der Waals surface area (Å²) in [5.41, 5.74) is 0.991. The maximum absolute atomic E-state index is 12.3. The van der Waals surface area contributed by atoms with Gasteiger partial charge in [0.1, 0.15) is 0 Å². The van der Waals surface area contributed by atoms with E-state index in [1.807, 2.05) is 0 Å². The van der Waals surface area contributed by atoms with Crippen LogP contribution in [0.3, 0.4) is 0 Å². The minimum Gasteiger partial charge on any atom is -0.493 e. The van der Waals surface area contributed by atoms with E-state index in [4.69, 9.17) is 18.9 Å². The quantitative estimate of drug-likeness (QED) is 0.328. The number of thioether (sulfide) groups is 1. The van der Waals surface area contributed by atoms with Crippen LogP contribution >= 0.6 is 11.8 Å². The molecular formula is C21H21F2NO6S. The lowest BCUT2D eigenvalue weighted by atomic mass is 10.1. The zero-order valence-corrected chi connectivity index (χ0v) is 17.8. The minimum atomic E-state index is -2.52. The number of hydrogen-bond donors (Lipinski definition) is 1. The molecule has 2 aromatic rings. The second-order valence-electron chi connectivity index (χ2n) is 5.85. The van der Waals surface area contributed by atoms with Crippen LogP contribution in [0.2, 0.25) is 0 Å². The Morgan fingerprint density at radius 1 is 1.03 bits per heavy atom. The van der Waals surface area contributed by atoms with Gasteiger partial charge in [-0.3, -0.25) is 4.79 Å². The zero-order chi connectivity index (χ0) is 22.8. The Balaban J connectivity index is 1.90. The number of halogens is 2. The molecule has 0 heterocycles. The fourth-order valence-electron chi connectivity index (χ4n) is 2.46. The van der Waals surface area contributed by atoms with E-state index in [9.17, 15) is 18.4 Å². The first-order valence-electron chi connectivity index (χ1n) is 8.85. The summed E-state index contributed by atoms with van der Waals surface area (Å²) in [6.45, 7) is -0.508. The van der Waals surface area contributed by atoms with Gasteiger partial charge in [0.25, 0.3) is 11.7 Å². The fraction of sp³-hybridized carbons (Fsp3) is 0.238. The van der Waals surface area contributed by atoms with Crippen LogP contribution in [0.5, 0.6) is 17.2 Å². The monoisotopic (exact) mass is 453 g/mol. The van der Waals surface area contributed by atoms with Gasteiger partial charge in [0.15, 0.2) is 18.1 Å². The Bertz CT molecular complexity index is 909. The van der Waals surface area contributed by atoms with E-state index in [2.05, 4.69) is 5.32 Å². The first-order chi connectivity index (χ1) is 14.9. The number of carbonyl (C=O) groups excluding carboxylic acids is 2. The number of carbonyl (C=O) groups is 2. The van der Waals surface area contributed by atoms with Crippen molar-refractivity contribution in [2.45, 2.75) is 10.7 Å². The van der Waals surface area contributed by atoms with Crippen molar-refractivity contribution in [1.82, 2.24) is 0 Å². The summed E-state index contributed by atoms with van der Waals surface area (Å²) >= 11 is 0.405. The average Bonchev–Trinajstić information content (AvgIpc) is 2.76. The van der Waals surface area contributed by atoms with Crippen molar-refractivity contribution in [3.05, 3.63) is 48.0 Å². The van der Waals surface area contributed by atoms with Crippen LogP contribution in [0, 0.1) is 0 Å². The van der Waals surface area contributed by atoms with E-state index in [1.54, 1.807) is 12.1 Å². The van der Waals surface area contributed by atoms with Crippen molar-refractivity contribution < 1.29 is 37.3 Å². The summed E-state index contributed by atoms with van der Waals surface area (Å²) < 4.78 is 45.2. The molecule has 0 spiro atoms. The highest BCUT2D eigenvalue weighted by Gasteiger charge is 2.12. The minimum absolute atomic E-state index is 0.372. The molecule has 0 aliphatic carbocycles. The first-order valence-corrected chi connectivity index (χ1v) is 9.73. The van der Waals surface area contributed by atoms with Gasteiger partial charge in [-0.2, -0.15) is 8.78 Å². The summed E-state index contributed by atoms with van der Waals surface area (Å²) in [6.07, 6.45) is 2.63. The molecule has 0 aliphatic heterocycles. The van der Waals surface area contributed by atoms with Gasteiger partial charge in [0, 0.05) is 16.7 Å². The molecule has 0 bridgehead atoms.